The van der Waals surface area contributed by atoms with E-state index in [0.717, 1.165) is 18.1 Å². The zero-order chi connectivity index (χ0) is 11.5. The van der Waals surface area contributed by atoms with E-state index < -0.39 is 0 Å². The minimum Gasteiger partial charge on any atom is -0.338 e. The van der Waals surface area contributed by atoms with Crippen LogP contribution in [0.15, 0.2) is 24.8 Å². The van der Waals surface area contributed by atoms with Crippen molar-refractivity contribution in [2.24, 2.45) is 14.1 Å². The van der Waals surface area contributed by atoms with Crippen LogP contribution >= 0.6 is 0 Å². The molecular formula is C11H17N5. The Balaban J connectivity index is 2.19. The maximum atomic E-state index is 4.36. The first kappa shape index (κ1) is 10.9. The fraction of sp³-hybridized carbons (Fsp3) is 0.455. The van der Waals surface area contributed by atoms with E-state index in [9.17, 15) is 0 Å². The lowest BCUT2D eigenvalue weighted by Crippen LogP contribution is -2.23. The molecule has 2 rings (SSSR count). The van der Waals surface area contributed by atoms with Gasteiger partial charge in [0.25, 0.3) is 0 Å². The summed E-state index contributed by atoms with van der Waals surface area (Å²) in [4.78, 5) is 8.69. The number of hydrogen-bond acceptors (Lipinski definition) is 3. The van der Waals surface area contributed by atoms with E-state index in [0.29, 0.717) is 0 Å². The van der Waals surface area contributed by atoms with E-state index >= 15 is 0 Å². The van der Waals surface area contributed by atoms with Gasteiger partial charge in [-0.05, 0) is 7.05 Å². The van der Waals surface area contributed by atoms with Gasteiger partial charge in [-0.2, -0.15) is 0 Å². The molecule has 0 aromatic carbocycles. The van der Waals surface area contributed by atoms with Crippen molar-refractivity contribution >= 4 is 0 Å². The molecule has 0 spiro atoms. The van der Waals surface area contributed by atoms with Crippen LogP contribution in [0.1, 0.15) is 17.7 Å². The molecule has 0 fully saturated rings. The quantitative estimate of drug-likeness (QED) is 0.821. The first-order valence-corrected chi connectivity index (χ1v) is 5.33. The van der Waals surface area contributed by atoms with Crippen LogP contribution in [0.4, 0.5) is 0 Å². The maximum Gasteiger partial charge on any atom is 0.126 e. The lowest BCUT2D eigenvalue weighted by atomic mass is 10.2. The minimum atomic E-state index is 0.195. The fourth-order valence-corrected chi connectivity index (χ4v) is 1.81. The second-order valence-corrected chi connectivity index (χ2v) is 3.90. The summed E-state index contributed by atoms with van der Waals surface area (Å²) >= 11 is 0. The highest BCUT2D eigenvalue weighted by Gasteiger charge is 2.16. The molecule has 2 heterocycles. The highest BCUT2D eigenvalue weighted by atomic mass is 15.1. The van der Waals surface area contributed by atoms with Crippen molar-refractivity contribution < 1.29 is 0 Å². The predicted octanol–water partition coefficient (Wildman–Crippen LogP) is 0.657. The number of nitrogens with zero attached hydrogens (tertiary/aromatic N) is 4. The van der Waals surface area contributed by atoms with Crippen molar-refractivity contribution in [3.05, 3.63) is 36.4 Å². The Bertz CT molecular complexity index is 456. The van der Waals surface area contributed by atoms with E-state index in [1.54, 1.807) is 0 Å². The molecule has 1 unspecified atom stereocenters. The molecule has 5 heteroatoms. The highest BCUT2D eigenvalue weighted by Crippen LogP contribution is 2.14. The first-order chi connectivity index (χ1) is 7.72. The standard InChI is InChI=1S/C11H17N5/c1-12-9(11-14-5-7-16(11)3)8-10-13-4-6-15(10)2/h4-7,9,12H,8H2,1-3H3. The van der Waals surface area contributed by atoms with Crippen LogP contribution in [0.5, 0.6) is 0 Å². The molecule has 2 aromatic heterocycles. The Hall–Kier alpha value is -1.62. The Kier molecular flexibility index (Phi) is 3.05. The molecule has 16 heavy (non-hydrogen) atoms. The topological polar surface area (TPSA) is 47.7 Å². The molecule has 5 nitrogen and oxygen atoms in total. The summed E-state index contributed by atoms with van der Waals surface area (Å²) in [5.41, 5.74) is 0. The molecule has 0 saturated heterocycles. The van der Waals surface area contributed by atoms with E-state index in [-0.39, 0.29) is 6.04 Å². The van der Waals surface area contributed by atoms with Crippen LogP contribution < -0.4 is 5.32 Å². The number of aryl methyl sites for hydroxylation is 2. The van der Waals surface area contributed by atoms with Gasteiger partial charge in [0.15, 0.2) is 0 Å². The van der Waals surface area contributed by atoms with Crippen molar-refractivity contribution in [1.29, 1.82) is 0 Å². The van der Waals surface area contributed by atoms with E-state index in [1.807, 2.05) is 55.1 Å². The van der Waals surface area contributed by atoms with Gasteiger partial charge in [0.1, 0.15) is 11.6 Å². The summed E-state index contributed by atoms with van der Waals surface area (Å²) in [7, 11) is 5.96. The summed E-state index contributed by atoms with van der Waals surface area (Å²) in [5.74, 6) is 2.09. The Labute approximate surface area is 95.1 Å². The zero-order valence-electron chi connectivity index (χ0n) is 9.88. The summed E-state index contributed by atoms with van der Waals surface area (Å²) in [5, 5.41) is 3.27. The average molecular weight is 219 g/mol. The van der Waals surface area contributed by atoms with Gasteiger partial charge in [-0.25, -0.2) is 9.97 Å². The molecule has 0 bridgehead atoms. The summed E-state index contributed by atoms with van der Waals surface area (Å²) in [6.07, 6.45) is 8.39. The molecule has 0 aliphatic carbocycles. The molecule has 1 N–H and O–H groups in total. The van der Waals surface area contributed by atoms with Crippen LogP contribution in [0.2, 0.25) is 0 Å². The van der Waals surface area contributed by atoms with Gasteiger partial charge < -0.3 is 14.5 Å². The van der Waals surface area contributed by atoms with Crippen molar-refractivity contribution in [3.8, 4) is 0 Å². The second kappa shape index (κ2) is 4.49. The van der Waals surface area contributed by atoms with Crippen LogP contribution in [-0.2, 0) is 20.5 Å². The Morgan fingerprint density at radius 3 is 2.38 bits per heavy atom. The highest BCUT2D eigenvalue weighted by molar-refractivity contribution is 5.04. The molecule has 0 saturated carbocycles. The van der Waals surface area contributed by atoms with Gasteiger partial charge in [-0.15, -0.1) is 0 Å². The lowest BCUT2D eigenvalue weighted by Gasteiger charge is -2.15. The minimum absolute atomic E-state index is 0.195. The lowest BCUT2D eigenvalue weighted by molar-refractivity contribution is 0.518. The Morgan fingerprint density at radius 2 is 1.88 bits per heavy atom. The monoisotopic (exact) mass is 219 g/mol. The van der Waals surface area contributed by atoms with Gasteiger partial charge in [0.2, 0.25) is 0 Å². The normalized spacial score (nSPS) is 12.9. The number of nitrogens with one attached hydrogen (secondary N) is 1. The van der Waals surface area contributed by atoms with Crippen LogP contribution in [0, 0.1) is 0 Å². The molecule has 1 atom stereocenters. The first-order valence-electron chi connectivity index (χ1n) is 5.33. The molecule has 0 amide bonds. The average Bonchev–Trinajstić information content (AvgIpc) is 2.85. The third-order valence-electron chi connectivity index (χ3n) is 2.83. The molecular weight excluding hydrogens is 202 g/mol. The molecule has 2 aromatic rings. The molecule has 0 aliphatic rings. The van der Waals surface area contributed by atoms with Crippen molar-refractivity contribution in [2.45, 2.75) is 12.5 Å². The Morgan fingerprint density at radius 1 is 1.19 bits per heavy atom. The number of aromatic nitrogens is 4. The number of imidazole rings is 2. The van der Waals surface area contributed by atoms with E-state index in [1.165, 1.54) is 0 Å². The van der Waals surface area contributed by atoms with E-state index in [4.69, 9.17) is 0 Å². The van der Waals surface area contributed by atoms with Gasteiger partial charge in [0.05, 0.1) is 6.04 Å². The van der Waals surface area contributed by atoms with Crippen molar-refractivity contribution in [2.75, 3.05) is 7.05 Å². The van der Waals surface area contributed by atoms with E-state index in [2.05, 4.69) is 15.3 Å². The molecule has 86 valence electrons. The molecule has 0 aliphatic heterocycles. The second-order valence-electron chi connectivity index (χ2n) is 3.90. The van der Waals surface area contributed by atoms with Gasteiger partial charge in [0, 0.05) is 45.3 Å². The van der Waals surface area contributed by atoms with Crippen LogP contribution in [-0.4, -0.2) is 26.1 Å². The van der Waals surface area contributed by atoms with Crippen LogP contribution in [0.3, 0.4) is 0 Å². The zero-order valence-corrected chi connectivity index (χ0v) is 9.88. The summed E-state index contributed by atoms with van der Waals surface area (Å²) in [6, 6.07) is 0.195. The number of hydrogen-bond donors (Lipinski definition) is 1. The maximum absolute atomic E-state index is 4.36. The van der Waals surface area contributed by atoms with Gasteiger partial charge in [-0.3, -0.25) is 0 Å². The van der Waals surface area contributed by atoms with Crippen LogP contribution in [0.25, 0.3) is 0 Å². The van der Waals surface area contributed by atoms with Crippen molar-refractivity contribution in [3.63, 3.8) is 0 Å². The fourth-order valence-electron chi connectivity index (χ4n) is 1.81. The third kappa shape index (κ3) is 1.99. The number of rotatable bonds is 4. The largest absolute Gasteiger partial charge is 0.338 e. The third-order valence-corrected chi connectivity index (χ3v) is 2.83. The van der Waals surface area contributed by atoms with Crippen molar-refractivity contribution in [1.82, 2.24) is 24.4 Å². The van der Waals surface area contributed by atoms with Gasteiger partial charge >= 0.3 is 0 Å². The predicted molar refractivity (Wildman–Crippen MR) is 61.9 cm³/mol. The summed E-state index contributed by atoms with van der Waals surface area (Å²) < 4.78 is 4.07. The SMILES string of the molecule is CNC(Cc1nccn1C)c1nccn1C. The molecule has 0 radical (unpaired) electrons. The number of likely N-dealkylation sites (N-methyl/N-ethyl adjacent to an activating group) is 1. The summed E-state index contributed by atoms with van der Waals surface area (Å²) in [6.45, 7) is 0. The van der Waals surface area contributed by atoms with Gasteiger partial charge in [-0.1, -0.05) is 0 Å². The smallest absolute Gasteiger partial charge is 0.126 e.